The lowest BCUT2D eigenvalue weighted by Gasteiger charge is -2.06. The Morgan fingerprint density at radius 3 is 2.90 bits per heavy atom. The highest BCUT2D eigenvalue weighted by Gasteiger charge is 2.11. The van der Waals surface area contributed by atoms with E-state index in [1.807, 2.05) is 28.9 Å². The van der Waals surface area contributed by atoms with Crippen LogP contribution in [0.5, 0.6) is 0 Å². The molecule has 4 aromatic rings. The highest BCUT2D eigenvalue weighted by molar-refractivity contribution is 6.02. The van der Waals surface area contributed by atoms with E-state index in [9.17, 15) is 9.59 Å². The predicted octanol–water partition coefficient (Wildman–Crippen LogP) is 1.68. The van der Waals surface area contributed by atoms with E-state index in [1.54, 1.807) is 18.3 Å². The second-order valence-electron chi connectivity index (χ2n) is 6.36. The van der Waals surface area contributed by atoms with Crippen molar-refractivity contribution in [1.29, 1.82) is 0 Å². The smallest absolute Gasteiger partial charge is 0.291 e. The monoisotopic (exact) mass is 393 g/mol. The molecule has 10 heteroatoms. The van der Waals surface area contributed by atoms with Crippen LogP contribution in [-0.2, 0) is 17.9 Å². The molecule has 29 heavy (non-hydrogen) atoms. The summed E-state index contributed by atoms with van der Waals surface area (Å²) in [6, 6.07) is 10.9. The second-order valence-corrected chi connectivity index (χ2v) is 6.36. The number of anilines is 1. The molecule has 4 rings (SSSR count). The van der Waals surface area contributed by atoms with Crippen molar-refractivity contribution in [2.45, 2.75) is 19.5 Å². The molecule has 0 spiro atoms. The molecule has 2 amide bonds. The van der Waals surface area contributed by atoms with Crippen molar-refractivity contribution in [3.8, 4) is 0 Å². The molecule has 148 valence electrons. The van der Waals surface area contributed by atoms with E-state index in [1.165, 1.54) is 17.1 Å². The van der Waals surface area contributed by atoms with E-state index in [0.717, 1.165) is 17.5 Å². The number of hydrogen-bond donors (Lipinski definition) is 2. The number of carbonyl (C=O) groups excluding carboxylic acids is 2. The van der Waals surface area contributed by atoms with Gasteiger partial charge in [0.2, 0.25) is 5.91 Å². The first-order chi connectivity index (χ1) is 14.2. The molecule has 2 N–H and O–H groups in total. The number of aryl methyl sites for hydroxylation is 1. The van der Waals surface area contributed by atoms with Crippen molar-refractivity contribution >= 4 is 28.5 Å². The van der Waals surface area contributed by atoms with Gasteiger partial charge in [-0.3, -0.25) is 14.3 Å². The highest BCUT2D eigenvalue weighted by atomic mass is 16.3. The summed E-state index contributed by atoms with van der Waals surface area (Å²) in [4.78, 5) is 24.0. The molecular formula is C19H19N7O3. The van der Waals surface area contributed by atoms with Gasteiger partial charge in [-0.05, 0) is 30.7 Å². The number of aromatic nitrogens is 5. The first kappa shape index (κ1) is 18.4. The number of nitrogens with one attached hydrogen (secondary N) is 2. The number of fused-ring (bicyclic) bond motifs is 1. The van der Waals surface area contributed by atoms with Crippen LogP contribution in [0.25, 0.3) is 11.0 Å². The minimum absolute atomic E-state index is 0.0584. The Kier molecular flexibility index (Phi) is 5.32. The summed E-state index contributed by atoms with van der Waals surface area (Å²) in [5.74, 6) is -0.337. The fraction of sp³-hybridized carbons (Fsp3) is 0.211. The molecule has 0 saturated carbocycles. The standard InChI is InChI=1S/C19H19N7O3/c27-18(20-8-4-9-26-16-6-2-1-5-15(16)23-24-26)13-25-12-14(11-21-25)22-19(28)17-7-3-10-29-17/h1-3,5-7,10-12H,4,8-9,13H2,(H,20,27)(H,22,28). The lowest BCUT2D eigenvalue weighted by molar-refractivity contribution is -0.121. The van der Waals surface area contributed by atoms with Gasteiger partial charge in [-0.15, -0.1) is 5.10 Å². The number of furan rings is 1. The first-order valence-electron chi connectivity index (χ1n) is 9.11. The topological polar surface area (TPSA) is 120 Å². The van der Waals surface area contributed by atoms with Crippen molar-refractivity contribution in [3.63, 3.8) is 0 Å². The van der Waals surface area contributed by atoms with Gasteiger partial charge < -0.3 is 15.1 Å². The zero-order chi connectivity index (χ0) is 20.1. The maximum atomic E-state index is 12.1. The Labute approximate surface area is 165 Å². The number of nitrogens with zero attached hydrogens (tertiary/aromatic N) is 5. The second kappa shape index (κ2) is 8.38. The van der Waals surface area contributed by atoms with Gasteiger partial charge in [0.05, 0.1) is 23.7 Å². The zero-order valence-corrected chi connectivity index (χ0v) is 15.5. The van der Waals surface area contributed by atoms with Crippen LogP contribution in [0.15, 0.2) is 59.5 Å². The van der Waals surface area contributed by atoms with Crippen molar-refractivity contribution in [2.24, 2.45) is 0 Å². The van der Waals surface area contributed by atoms with E-state index in [4.69, 9.17) is 4.42 Å². The predicted molar refractivity (Wildman–Crippen MR) is 104 cm³/mol. The molecule has 0 bridgehead atoms. The van der Waals surface area contributed by atoms with Crippen LogP contribution in [0.3, 0.4) is 0 Å². The quantitative estimate of drug-likeness (QED) is 0.440. The number of carbonyl (C=O) groups is 2. The number of benzene rings is 1. The fourth-order valence-corrected chi connectivity index (χ4v) is 2.86. The van der Waals surface area contributed by atoms with Crippen LogP contribution < -0.4 is 10.6 Å². The van der Waals surface area contributed by atoms with E-state index < -0.39 is 0 Å². The zero-order valence-electron chi connectivity index (χ0n) is 15.5. The van der Waals surface area contributed by atoms with Crippen molar-refractivity contribution in [3.05, 3.63) is 60.8 Å². The van der Waals surface area contributed by atoms with Crippen LogP contribution in [0.2, 0.25) is 0 Å². The third-order valence-electron chi connectivity index (χ3n) is 4.23. The van der Waals surface area contributed by atoms with Crippen molar-refractivity contribution in [2.75, 3.05) is 11.9 Å². The largest absolute Gasteiger partial charge is 0.459 e. The van der Waals surface area contributed by atoms with Crippen LogP contribution >= 0.6 is 0 Å². The average Bonchev–Trinajstić information content (AvgIpc) is 3.47. The molecule has 0 aliphatic rings. The summed E-state index contributed by atoms with van der Waals surface area (Å²) in [5.41, 5.74) is 2.31. The molecule has 0 atom stereocenters. The van der Waals surface area contributed by atoms with Gasteiger partial charge in [0, 0.05) is 19.3 Å². The van der Waals surface area contributed by atoms with Crippen LogP contribution in [0.1, 0.15) is 17.0 Å². The third-order valence-corrected chi connectivity index (χ3v) is 4.23. The maximum absolute atomic E-state index is 12.1. The molecule has 10 nitrogen and oxygen atoms in total. The minimum Gasteiger partial charge on any atom is -0.459 e. The Hall–Kier alpha value is -3.95. The normalized spacial score (nSPS) is 10.9. The van der Waals surface area contributed by atoms with Gasteiger partial charge in [0.15, 0.2) is 5.76 Å². The van der Waals surface area contributed by atoms with Crippen LogP contribution in [0.4, 0.5) is 5.69 Å². The molecule has 3 heterocycles. The summed E-state index contributed by atoms with van der Waals surface area (Å²) < 4.78 is 8.31. The summed E-state index contributed by atoms with van der Waals surface area (Å²) in [6.07, 6.45) is 5.21. The van der Waals surface area contributed by atoms with Gasteiger partial charge in [0.1, 0.15) is 12.1 Å². The average molecular weight is 393 g/mol. The summed E-state index contributed by atoms with van der Waals surface area (Å²) >= 11 is 0. The molecule has 0 saturated heterocycles. The Morgan fingerprint density at radius 1 is 1.14 bits per heavy atom. The number of para-hydroxylation sites is 1. The van der Waals surface area contributed by atoms with E-state index >= 15 is 0 Å². The number of amides is 2. The van der Waals surface area contributed by atoms with Gasteiger partial charge in [-0.2, -0.15) is 5.10 Å². The molecule has 0 aliphatic carbocycles. The summed E-state index contributed by atoms with van der Waals surface area (Å²) in [7, 11) is 0. The van der Waals surface area contributed by atoms with Crippen molar-refractivity contribution < 1.29 is 14.0 Å². The lowest BCUT2D eigenvalue weighted by atomic mass is 10.3. The maximum Gasteiger partial charge on any atom is 0.291 e. The summed E-state index contributed by atoms with van der Waals surface area (Å²) in [5, 5.41) is 17.8. The van der Waals surface area contributed by atoms with Gasteiger partial charge in [-0.25, -0.2) is 4.68 Å². The lowest BCUT2D eigenvalue weighted by Crippen LogP contribution is -2.29. The molecule has 1 aromatic carbocycles. The van der Waals surface area contributed by atoms with Gasteiger partial charge >= 0.3 is 0 Å². The number of rotatable bonds is 8. The van der Waals surface area contributed by atoms with Crippen molar-refractivity contribution in [1.82, 2.24) is 30.1 Å². The number of hydrogen-bond acceptors (Lipinski definition) is 6. The molecule has 0 fully saturated rings. The van der Waals surface area contributed by atoms with Gasteiger partial charge in [0.25, 0.3) is 5.91 Å². The van der Waals surface area contributed by atoms with Gasteiger partial charge in [-0.1, -0.05) is 17.3 Å². The highest BCUT2D eigenvalue weighted by Crippen LogP contribution is 2.10. The fourth-order valence-electron chi connectivity index (χ4n) is 2.86. The van der Waals surface area contributed by atoms with Crippen LogP contribution in [0, 0.1) is 0 Å². The first-order valence-corrected chi connectivity index (χ1v) is 9.11. The SMILES string of the molecule is O=C(Cn1cc(NC(=O)c2ccco2)cn1)NCCCn1nnc2ccccc21. The Bertz CT molecular complexity index is 1110. The van der Waals surface area contributed by atoms with Crippen LogP contribution in [-0.4, -0.2) is 43.1 Å². The van der Waals surface area contributed by atoms with E-state index in [-0.39, 0.29) is 24.1 Å². The van der Waals surface area contributed by atoms with E-state index in [2.05, 4.69) is 26.0 Å². The molecular weight excluding hydrogens is 374 g/mol. The Morgan fingerprint density at radius 2 is 2.03 bits per heavy atom. The molecule has 3 aromatic heterocycles. The minimum atomic E-state index is -0.375. The Balaban J connectivity index is 1.21. The van der Waals surface area contributed by atoms with E-state index in [0.29, 0.717) is 18.8 Å². The third kappa shape index (κ3) is 4.49. The molecule has 0 unspecified atom stereocenters. The molecule has 0 radical (unpaired) electrons. The summed E-state index contributed by atoms with van der Waals surface area (Å²) in [6.45, 7) is 1.23. The molecule has 0 aliphatic heterocycles.